The lowest BCUT2D eigenvalue weighted by Gasteiger charge is -2.31. The average Bonchev–Trinajstić information content (AvgIpc) is 2.72. The number of hydrogen-bond acceptors (Lipinski definition) is 1. The molecule has 0 saturated carbocycles. The van der Waals surface area contributed by atoms with Crippen molar-refractivity contribution in [3.63, 3.8) is 0 Å². The van der Waals surface area contributed by atoms with Crippen LogP contribution in [0.25, 0.3) is 5.57 Å². The number of hydrogen-bond donors (Lipinski definition) is 0. The Balaban J connectivity index is 1.64. The molecule has 3 rings (SSSR count). The molecule has 26 heavy (non-hydrogen) atoms. The number of piperidine rings is 1. The van der Waals surface area contributed by atoms with E-state index in [4.69, 9.17) is 0 Å². The van der Waals surface area contributed by atoms with E-state index in [1.165, 1.54) is 68.4 Å². The van der Waals surface area contributed by atoms with Crippen LogP contribution in [-0.2, 0) is 0 Å². The highest BCUT2D eigenvalue weighted by molar-refractivity contribution is 5.79. The molecule has 0 bridgehead atoms. The van der Waals surface area contributed by atoms with E-state index in [-0.39, 0.29) is 0 Å². The third kappa shape index (κ3) is 5.57. The quantitative estimate of drug-likeness (QED) is 0.512. The molecule has 1 aliphatic heterocycles. The molecular formula is C25H32N. The highest BCUT2D eigenvalue weighted by Gasteiger charge is 2.18. The number of benzene rings is 2. The Kier molecular flexibility index (Phi) is 7.51. The molecule has 2 aromatic carbocycles. The molecule has 0 N–H and O–H groups in total. The van der Waals surface area contributed by atoms with E-state index < -0.39 is 0 Å². The van der Waals surface area contributed by atoms with Gasteiger partial charge < -0.3 is 4.90 Å². The molecule has 0 aliphatic carbocycles. The van der Waals surface area contributed by atoms with Crippen molar-refractivity contribution in [3.05, 3.63) is 84.3 Å². The second kappa shape index (κ2) is 10.3. The SMILES string of the molecule is CC[CH]CCCN1CCC(C=C(c2ccccc2)c2ccccc2)CC1. The van der Waals surface area contributed by atoms with Gasteiger partial charge in [-0.3, -0.25) is 0 Å². The molecule has 0 aromatic heterocycles. The number of allylic oxidation sites excluding steroid dienone is 1. The number of nitrogens with zero attached hydrogens (tertiary/aromatic N) is 1. The zero-order valence-electron chi connectivity index (χ0n) is 16.1. The Hall–Kier alpha value is -1.86. The smallest absolute Gasteiger partial charge is 0.00131 e. The summed E-state index contributed by atoms with van der Waals surface area (Å²) in [4.78, 5) is 2.65. The van der Waals surface area contributed by atoms with Gasteiger partial charge in [-0.25, -0.2) is 0 Å². The third-order valence-electron chi connectivity index (χ3n) is 5.38. The Morgan fingerprint density at radius 3 is 2.04 bits per heavy atom. The molecular weight excluding hydrogens is 314 g/mol. The van der Waals surface area contributed by atoms with Gasteiger partial charge in [0.05, 0.1) is 0 Å². The van der Waals surface area contributed by atoms with Crippen LogP contribution in [0.4, 0.5) is 0 Å². The predicted octanol–water partition coefficient (Wildman–Crippen LogP) is 6.22. The molecule has 1 heterocycles. The van der Waals surface area contributed by atoms with Crippen molar-refractivity contribution >= 4 is 5.57 Å². The summed E-state index contributed by atoms with van der Waals surface area (Å²) >= 11 is 0. The topological polar surface area (TPSA) is 3.24 Å². The maximum absolute atomic E-state index is 2.65. The maximum Gasteiger partial charge on any atom is -0.00131 e. The molecule has 1 nitrogen and oxygen atoms in total. The number of unbranched alkanes of at least 4 members (excludes halogenated alkanes) is 3. The molecule has 1 fully saturated rings. The first-order valence-electron chi connectivity index (χ1n) is 10.2. The van der Waals surface area contributed by atoms with Crippen molar-refractivity contribution in [2.24, 2.45) is 5.92 Å². The van der Waals surface area contributed by atoms with Gasteiger partial charge in [0.2, 0.25) is 0 Å². The van der Waals surface area contributed by atoms with Crippen molar-refractivity contribution in [2.75, 3.05) is 19.6 Å². The first-order valence-corrected chi connectivity index (χ1v) is 10.2. The van der Waals surface area contributed by atoms with E-state index >= 15 is 0 Å². The van der Waals surface area contributed by atoms with Crippen LogP contribution < -0.4 is 0 Å². The zero-order chi connectivity index (χ0) is 18.0. The lowest BCUT2D eigenvalue weighted by Crippen LogP contribution is -2.34. The summed E-state index contributed by atoms with van der Waals surface area (Å²) < 4.78 is 0. The van der Waals surface area contributed by atoms with E-state index in [9.17, 15) is 0 Å². The maximum atomic E-state index is 2.65. The fourth-order valence-corrected chi connectivity index (χ4v) is 3.84. The molecule has 1 heteroatoms. The lowest BCUT2D eigenvalue weighted by molar-refractivity contribution is 0.201. The molecule has 1 aliphatic rings. The van der Waals surface area contributed by atoms with Gasteiger partial charge in [-0.05, 0) is 74.4 Å². The van der Waals surface area contributed by atoms with E-state index in [2.05, 4.69) is 85.0 Å². The highest BCUT2D eigenvalue weighted by Crippen LogP contribution is 2.28. The highest BCUT2D eigenvalue weighted by atomic mass is 15.1. The molecule has 0 amide bonds. The van der Waals surface area contributed by atoms with E-state index in [1.54, 1.807) is 0 Å². The van der Waals surface area contributed by atoms with Crippen LogP contribution in [0.2, 0.25) is 0 Å². The van der Waals surface area contributed by atoms with Gasteiger partial charge in [0.15, 0.2) is 0 Å². The van der Waals surface area contributed by atoms with Crippen LogP contribution in [0.5, 0.6) is 0 Å². The fourth-order valence-electron chi connectivity index (χ4n) is 3.84. The second-order valence-electron chi connectivity index (χ2n) is 7.33. The minimum Gasteiger partial charge on any atom is -0.303 e. The van der Waals surface area contributed by atoms with Crippen LogP contribution in [0.15, 0.2) is 66.7 Å². The first kappa shape index (κ1) is 18.9. The van der Waals surface area contributed by atoms with Crippen LogP contribution in [-0.4, -0.2) is 24.5 Å². The van der Waals surface area contributed by atoms with Gasteiger partial charge >= 0.3 is 0 Å². The largest absolute Gasteiger partial charge is 0.303 e. The third-order valence-corrected chi connectivity index (χ3v) is 5.38. The summed E-state index contributed by atoms with van der Waals surface area (Å²) in [6.45, 7) is 5.97. The summed E-state index contributed by atoms with van der Waals surface area (Å²) in [5.74, 6) is 0.684. The van der Waals surface area contributed by atoms with Crippen LogP contribution in [0.3, 0.4) is 0 Å². The van der Waals surface area contributed by atoms with Crippen LogP contribution in [0.1, 0.15) is 50.2 Å². The number of likely N-dealkylation sites (tertiary alicyclic amines) is 1. The fraction of sp³-hybridized carbons (Fsp3) is 0.400. The summed E-state index contributed by atoms with van der Waals surface area (Å²) in [6, 6.07) is 21.7. The Morgan fingerprint density at radius 1 is 0.923 bits per heavy atom. The van der Waals surface area contributed by atoms with Crippen molar-refractivity contribution < 1.29 is 0 Å². The molecule has 0 unspecified atom stereocenters. The van der Waals surface area contributed by atoms with Gasteiger partial charge in [-0.1, -0.05) is 80.1 Å². The molecule has 1 saturated heterocycles. The monoisotopic (exact) mass is 346 g/mol. The molecule has 137 valence electrons. The Bertz CT molecular complexity index is 610. The van der Waals surface area contributed by atoms with Gasteiger partial charge in [0.25, 0.3) is 0 Å². The zero-order valence-corrected chi connectivity index (χ0v) is 16.1. The molecule has 1 radical (unpaired) electrons. The van der Waals surface area contributed by atoms with Gasteiger partial charge in [0, 0.05) is 0 Å². The molecule has 0 atom stereocenters. The van der Waals surface area contributed by atoms with Gasteiger partial charge in [0.1, 0.15) is 0 Å². The average molecular weight is 347 g/mol. The Morgan fingerprint density at radius 2 is 1.50 bits per heavy atom. The summed E-state index contributed by atoms with van der Waals surface area (Å²) in [6.07, 6.45) is 11.3. The van der Waals surface area contributed by atoms with E-state index in [0.29, 0.717) is 5.92 Å². The van der Waals surface area contributed by atoms with Crippen LogP contribution in [0, 0.1) is 12.3 Å². The van der Waals surface area contributed by atoms with Crippen molar-refractivity contribution in [1.82, 2.24) is 4.90 Å². The van der Waals surface area contributed by atoms with Crippen molar-refractivity contribution in [2.45, 2.75) is 39.0 Å². The van der Waals surface area contributed by atoms with Crippen molar-refractivity contribution in [1.29, 1.82) is 0 Å². The molecule has 0 spiro atoms. The van der Waals surface area contributed by atoms with Crippen LogP contribution >= 0.6 is 0 Å². The van der Waals surface area contributed by atoms with E-state index in [0.717, 1.165) is 0 Å². The van der Waals surface area contributed by atoms with Gasteiger partial charge in [-0.2, -0.15) is 0 Å². The summed E-state index contributed by atoms with van der Waals surface area (Å²) in [5, 5.41) is 0. The summed E-state index contributed by atoms with van der Waals surface area (Å²) in [7, 11) is 0. The normalized spacial score (nSPS) is 15.7. The molecule has 2 aromatic rings. The minimum atomic E-state index is 0.684. The first-order chi connectivity index (χ1) is 12.9. The second-order valence-corrected chi connectivity index (χ2v) is 7.33. The number of rotatable bonds is 8. The van der Waals surface area contributed by atoms with Crippen molar-refractivity contribution in [3.8, 4) is 0 Å². The minimum absolute atomic E-state index is 0.684. The summed E-state index contributed by atoms with van der Waals surface area (Å²) in [5.41, 5.74) is 4.05. The standard InChI is InChI=1S/C25H32N/c1-2-3-4-11-18-26-19-16-22(17-20-26)21-25(23-12-7-5-8-13-23)24-14-9-6-10-15-24/h3,5-10,12-15,21-22H,2,4,11,16-20H2,1H3. The lowest BCUT2D eigenvalue weighted by atomic mass is 9.89. The van der Waals surface area contributed by atoms with E-state index in [1.807, 2.05) is 0 Å². The van der Waals surface area contributed by atoms with Gasteiger partial charge in [-0.15, -0.1) is 0 Å². The predicted molar refractivity (Wildman–Crippen MR) is 113 cm³/mol. The Labute approximate surface area is 159 Å².